The second-order valence-electron chi connectivity index (χ2n) is 9.25. The molecule has 9 nitrogen and oxygen atoms in total. The van der Waals surface area contributed by atoms with Gasteiger partial charge in [0.2, 0.25) is 0 Å². The van der Waals surface area contributed by atoms with E-state index in [1.165, 1.54) is 5.69 Å². The highest BCUT2D eigenvalue weighted by atomic mass is 16.5. The molecule has 210 valence electrons. The van der Waals surface area contributed by atoms with Gasteiger partial charge in [-0.25, -0.2) is 4.79 Å². The van der Waals surface area contributed by atoms with E-state index in [1.54, 1.807) is 36.4 Å². The van der Waals surface area contributed by atoms with E-state index in [9.17, 15) is 14.4 Å². The maximum atomic E-state index is 13.2. The SMILES string of the molecule is CCOc1cc2[nH]c(=O)n(Cc3ccc(C(=O)NCCCN(CC)c4ccccc4)cc3)c(=O)c2cc1OCC. The first-order valence-corrected chi connectivity index (χ1v) is 13.7. The van der Waals surface area contributed by atoms with Crippen LogP contribution < -0.4 is 30.9 Å². The van der Waals surface area contributed by atoms with Crippen LogP contribution in [0.2, 0.25) is 0 Å². The Labute approximate surface area is 233 Å². The summed E-state index contributed by atoms with van der Waals surface area (Å²) in [4.78, 5) is 43.7. The largest absolute Gasteiger partial charge is 0.490 e. The quantitative estimate of drug-likeness (QED) is 0.245. The number of amides is 1. The summed E-state index contributed by atoms with van der Waals surface area (Å²) in [5.41, 5.74) is 1.84. The number of carbonyl (C=O) groups excluding carboxylic acids is 1. The van der Waals surface area contributed by atoms with Gasteiger partial charge in [0.15, 0.2) is 11.5 Å². The molecule has 0 spiro atoms. The molecule has 40 heavy (non-hydrogen) atoms. The summed E-state index contributed by atoms with van der Waals surface area (Å²) in [5.74, 6) is 0.756. The van der Waals surface area contributed by atoms with Crippen LogP contribution in [0.4, 0.5) is 5.69 Å². The minimum Gasteiger partial charge on any atom is -0.490 e. The number of carbonyl (C=O) groups is 1. The van der Waals surface area contributed by atoms with Gasteiger partial charge in [-0.05, 0) is 63.1 Å². The fourth-order valence-corrected chi connectivity index (χ4v) is 4.57. The molecule has 0 saturated carbocycles. The number of aromatic nitrogens is 2. The van der Waals surface area contributed by atoms with Crippen molar-refractivity contribution in [1.82, 2.24) is 14.9 Å². The molecule has 4 aromatic rings. The van der Waals surface area contributed by atoms with Gasteiger partial charge in [0, 0.05) is 37.0 Å². The summed E-state index contributed by atoms with van der Waals surface area (Å²) >= 11 is 0. The van der Waals surface area contributed by atoms with Crippen LogP contribution in [0.15, 0.2) is 76.3 Å². The number of aromatic amines is 1. The van der Waals surface area contributed by atoms with Gasteiger partial charge in [0.25, 0.3) is 11.5 Å². The minimum absolute atomic E-state index is 0.0650. The smallest absolute Gasteiger partial charge is 0.329 e. The Hall–Kier alpha value is -4.53. The number of nitrogens with one attached hydrogen (secondary N) is 2. The van der Waals surface area contributed by atoms with E-state index < -0.39 is 11.2 Å². The Morgan fingerprint density at radius 1 is 0.925 bits per heavy atom. The van der Waals surface area contributed by atoms with E-state index >= 15 is 0 Å². The van der Waals surface area contributed by atoms with Crippen molar-refractivity contribution in [3.8, 4) is 11.5 Å². The Kier molecular flexibility index (Phi) is 9.62. The van der Waals surface area contributed by atoms with Crippen LogP contribution in [0.3, 0.4) is 0 Å². The number of H-pyrrole nitrogens is 1. The fourth-order valence-electron chi connectivity index (χ4n) is 4.57. The number of anilines is 1. The van der Waals surface area contributed by atoms with E-state index in [4.69, 9.17) is 9.47 Å². The number of rotatable bonds is 13. The average Bonchev–Trinajstić information content (AvgIpc) is 2.97. The molecule has 0 aliphatic carbocycles. The van der Waals surface area contributed by atoms with Crippen molar-refractivity contribution in [2.45, 2.75) is 33.7 Å². The number of hydrogen-bond donors (Lipinski definition) is 2. The lowest BCUT2D eigenvalue weighted by molar-refractivity contribution is 0.0953. The predicted molar refractivity (Wildman–Crippen MR) is 158 cm³/mol. The Morgan fingerprint density at radius 3 is 2.25 bits per heavy atom. The zero-order valence-corrected chi connectivity index (χ0v) is 23.2. The monoisotopic (exact) mass is 544 g/mol. The number of ether oxygens (including phenoxy) is 2. The minimum atomic E-state index is -0.525. The van der Waals surface area contributed by atoms with Crippen LogP contribution in [-0.2, 0) is 6.54 Å². The molecule has 1 amide bonds. The number of hydrogen-bond acceptors (Lipinski definition) is 6. The van der Waals surface area contributed by atoms with Crippen molar-refractivity contribution in [1.29, 1.82) is 0 Å². The fraction of sp³-hybridized carbons (Fsp3) is 0.323. The molecule has 0 saturated heterocycles. The molecule has 0 unspecified atom stereocenters. The van der Waals surface area contributed by atoms with Crippen molar-refractivity contribution in [2.24, 2.45) is 0 Å². The third-order valence-electron chi connectivity index (χ3n) is 6.60. The molecule has 0 atom stereocenters. The zero-order chi connectivity index (χ0) is 28.5. The standard InChI is InChI=1S/C31H36N4O5/c1-4-34(24-11-8-7-9-12-24)18-10-17-32-29(36)23-15-13-22(14-16-23)21-35-30(37)25-19-27(39-5-2)28(40-6-3)20-26(25)33-31(35)38/h7-9,11-16,19-20H,4-6,10,17-18,21H2,1-3H3,(H,32,36)(H,33,38). The summed E-state index contributed by atoms with van der Waals surface area (Å²) in [6.45, 7) is 9.00. The molecule has 2 N–H and O–H groups in total. The summed E-state index contributed by atoms with van der Waals surface area (Å²) in [7, 11) is 0. The van der Waals surface area contributed by atoms with E-state index in [-0.39, 0.29) is 12.5 Å². The molecule has 1 aromatic heterocycles. The molecular formula is C31H36N4O5. The average molecular weight is 545 g/mol. The normalized spacial score (nSPS) is 10.9. The lowest BCUT2D eigenvalue weighted by atomic mass is 10.1. The molecule has 0 fully saturated rings. The van der Waals surface area contributed by atoms with Gasteiger partial charge >= 0.3 is 5.69 Å². The lowest BCUT2D eigenvalue weighted by Crippen LogP contribution is -2.35. The van der Waals surface area contributed by atoms with Crippen molar-refractivity contribution < 1.29 is 14.3 Å². The summed E-state index contributed by atoms with van der Waals surface area (Å²) < 4.78 is 12.4. The van der Waals surface area contributed by atoms with Crippen molar-refractivity contribution in [2.75, 3.05) is 37.7 Å². The van der Waals surface area contributed by atoms with Crippen molar-refractivity contribution in [3.63, 3.8) is 0 Å². The van der Waals surface area contributed by atoms with E-state index in [0.29, 0.717) is 47.7 Å². The maximum absolute atomic E-state index is 13.2. The van der Waals surface area contributed by atoms with Gasteiger partial charge in [0.05, 0.1) is 30.7 Å². The molecule has 9 heteroatoms. The number of benzene rings is 3. The molecule has 0 aliphatic heterocycles. The summed E-state index contributed by atoms with van der Waals surface area (Å²) in [6, 6.07) is 20.3. The Balaban J connectivity index is 1.41. The van der Waals surface area contributed by atoms with Gasteiger partial charge in [-0.3, -0.25) is 14.2 Å². The molecular weight excluding hydrogens is 508 g/mol. The number of para-hydroxylation sites is 1. The van der Waals surface area contributed by atoms with Gasteiger partial charge in [-0.15, -0.1) is 0 Å². The van der Waals surface area contributed by atoms with Crippen molar-refractivity contribution in [3.05, 3.63) is 98.7 Å². The van der Waals surface area contributed by atoms with Crippen molar-refractivity contribution >= 4 is 22.5 Å². The third kappa shape index (κ3) is 6.72. The first kappa shape index (κ1) is 28.5. The van der Waals surface area contributed by atoms with Gasteiger partial charge < -0.3 is 24.7 Å². The first-order chi connectivity index (χ1) is 19.4. The zero-order valence-electron chi connectivity index (χ0n) is 23.2. The maximum Gasteiger partial charge on any atom is 0.329 e. The Bertz CT molecular complexity index is 1540. The lowest BCUT2D eigenvalue weighted by Gasteiger charge is -2.23. The van der Waals surface area contributed by atoms with Crippen LogP contribution >= 0.6 is 0 Å². The van der Waals surface area contributed by atoms with Crippen LogP contribution in [0, 0.1) is 0 Å². The molecule has 1 heterocycles. The topological polar surface area (TPSA) is 106 Å². The molecule has 0 aliphatic rings. The molecule has 3 aromatic carbocycles. The van der Waals surface area contributed by atoms with Gasteiger partial charge in [0.1, 0.15) is 0 Å². The first-order valence-electron chi connectivity index (χ1n) is 13.7. The molecule has 0 bridgehead atoms. The van der Waals surface area contributed by atoms with Crippen LogP contribution in [0.1, 0.15) is 43.1 Å². The van der Waals surface area contributed by atoms with Gasteiger partial charge in [-0.1, -0.05) is 30.3 Å². The van der Waals surface area contributed by atoms with E-state index in [1.807, 2.05) is 32.0 Å². The second-order valence-corrected chi connectivity index (χ2v) is 9.25. The molecule has 4 rings (SSSR count). The van der Waals surface area contributed by atoms with Crippen LogP contribution in [-0.4, -0.2) is 48.3 Å². The molecule has 0 radical (unpaired) electrons. The highest BCUT2D eigenvalue weighted by Gasteiger charge is 2.14. The summed E-state index contributed by atoms with van der Waals surface area (Å²) in [6.07, 6.45) is 0.817. The number of nitrogens with zero attached hydrogens (tertiary/aromatic N) is 2. The van der Waals surface area contributed by atoms with E-state index in [2.05, 4.69) is 34.3 Å². The highest BCUT2D eigenvalue weighted by molar-refractivity contribution is 5.94. The highest BCUT2D eigenvalue weighted by Crippen LogP contribution is 2.30. The second kappa shape index (κ2) is 13.5. The summed E-state index contributed by atoms with van der Waals surface area (Å²) in [5, 5.41) is 3.30. The predicted octanol–water partition coefficient (Wildman–Crippen LogP) is 4.18. The number of fused-ring (bicyclic) bond motifs is 1. The Morgan fingerprint density at radius 2 is 1.60 bits per heavy atom. The van der Waals surface area contributed by atoms with Gasteiger partial charge in [-0.2, -0.15) is 0 Å². The van der Waals surface area contributed by atoms with Crippen LogP contribution in [0.5, 0.6) is 11.5 Å². The van der Waals surface area contributed by atoms with Crippen LogP contribution in [0.25, 0.3) is 10.9 Å². The third-order valence-corrected chi connectivity index (χ3v) is 6.60. The van der Waals surface area contributed by atoms with E-state index in [0.717, 1.165) is 29.6 Å².